The van der Waals surface area contributed by atoms with Crippen LogP contribution in [0.2, 0.25) is 0 Å². The largest absolute Gasteiger partial charge is 0.481 e. The minimum Gasteiger partial charge on any atom is -0.481 e. The fourth-order valence-corrected chi connectivity index (χ4v) is 6.72. The van der Waals surface area contributed by atoms with Crippen molar-refractivity contribution in [3.63, 3.8) is 0 Å². The first-order valence-corrected chi connectivity index (χ1v) is 13.8. The maximum atomic E-state index is 14.1. The number of carbonyl (C=O) groups excluding carboxylic acids is 1. The third-order valence-electron chi connectivity index (χ3n) is 8.15. The lowest BCUT2D eigenvalue weighted by Crippen LogP contribution is -2.40. The van der Waals surface area contributed by atoms with Crippen LogP contribution in [0.1, 0.15) is 34.6 Å². The van der Waals surface area contributed by atoms with Crippen molar-refractivity contribution in [3.05, 3.63) is 124 Å². The van der Waals surface area contributed by atoms with Gasteiger partial charge in [0.1, 0.15) is 23.6 Å². The Hall–Kier alpha value is -4.15. The molecule has 1 amide bonds. The first-order chi connectivity index (χ1) is 19.5. The Morgan fingerprint density at radius 1 is 0.950 bits per heavy atom. The minimum absolute atomic E-state index is 0.197. The van der Waals surface area contributed by atoms with Gasteiger partial charge in [-0.25, -0.2) is 4.68 Å². The molecule has 4 heterocycles. The van der Waals surface area contributed by atoms with Gasteiger partial charge in [-0.05, 0) is 39.2 Å². The highest BCUT2D eigenvalue weighted by Crippen LogP contribution is 2.54. The number of rotatable bonds is 7. The van der Waals surface area contributed by atoms with E-state index >= 15 is 0 Å². The zero-order valence-corrected chi connectivity index (χ0v) is 22.7. The molecule has 0 radical (unpaired) electrons. The molecule has 0 saturated carbocycles. The van der Waals surface area contributed by atoms with Gasteiger partial charge < -0.3 is 14.7 Å². The number of carboxylic acid groups (broad SMARTS) is 1. The lowest BCUT2D eigenvalue weighted by molar-refractivity contribution is -0.148. The van der Waals surface area contributed by atoms with Gasteiger partial charge >= 0.3 is 5.97 Å². The average Bonchev–Trinajstić information content (AvgIpc) is 3.74. The van der Waals surface area contributed by atoms with Gasteiger partial charge in [-0.15, -0.1) is 5.10 Å². The lowest BCUT2D eigenvalue weighted by Gasteiger charge is -2.31. The molecule has 3 aliphatic rings. The van der Waals surface area contributed by atoms with Gasteiger partial charge in [0.2, 0.25) is 5.91 Å². The zero-order chi connectivity index (χ0) is 27.4. The van der Waals surface area contributed by atoms with E-state index in [-0.39, 0.29) is 18.5 Å². The Kier molecular flexibility index (Phi) is 5.90. The van der Waals surface area contributed by atoms with Crippen LogP contribution in [0.4, 0.5) is 0 Å². The van der Waals surface area contributed by atoms with Gasteiger partial charge in [0.25, 0.3) is 0 Å². The van der Waals surface area contributed by atoms with Gasteiger partial charge in [0.15, 0.2) is 5.82 Å². The van der Waals surface area contributed by atoms with Crippen LogP contribution in [0.15, 0.2) is 102 Å². The zero-order valence-electron chi connectivity index (χ0n) is 21.1. The van der Waals surface area contributed by atoms with Crippen molar-refractivity contribution in [2.24, 2.45) is 11.8 Å². The smallest absolute Gasteiger partial charge is 0.310 e. The van der Waals surface area contributed by atoms with Crippen molar-refractivity contribution in [2.45, 2.75) is 23.8 Å². The monoisotopic (exact) mass is 597 g/mol. The van der Waals surface area contributed by atoms with Gasteiger partial charge in [-0.2, -0.15) is 0 Å². The number of benzene rings is 3. The van der Waals surface area contributed by atoms with Crippen molar-refractivity contribution in [1.82, 2.24) is 25.1 Å². The van der Waals surface area contributed by atoms with E-state index in [1.165, 1.54) is 0 Å². The van der Waals surface area contributed by atoms with Gasteiger partial charge in [-0.3, -0.25) is 9.59 Å². The van der Waals surface area contributed by atoms with E-state index in [0.717, 1.165) is 21.2 Å². The van der Waals surface area contributed by atoms with Crippen LogP contribution < -0.4 is 0 Å². The van der Waals surface area contributed by atoms with Crippen molar-refractivity contribution in [1.29, 1.82) is 0 Å². The van der Waals surface area contributed by atoms with Crippen LogP contribution in [-0.4, -0.2) is 60.3 Å². The highest BCUT2D eigenvalue weighted by Gasteiger charge is 2.68. The third kappa shape index (κ3) is 3.82. The highest BCUT2D eigenvalue weighted by molar-refractivity contribution is 9.10. The number of tetrazole rings is 1. The fourth-order valence-electron chi connectivity index (χ4n) is 6.45. The summed E-state index contributed by atoms with van der Waals surface area (Å²) in [5.74, 6) is -2.60. The molecule has 2 bridgehead atoms. The van der Waals surface area contributed by atoms with E-state index in [2.05, 4.69) is 31.5 Å². The van der Waals surface area contributed by atoms with Gasteiger partial charge in [0, 0.05) is 4.47 Å². The second-order valence-corrected chi connectivity index (χ2v) is 11.3. The average molecular weight is 598 g/mol. The number of aromatic nitrogens is 4. The van der Waals surface area contributed by atoms with Crippen molar-refractivity contribution in [3.8, 4) is 0 Å². The summed E-state index contributed by atoms with van der Waals surface area (Å²) in [5, 5.41) is 23.0. The molecule has 1 aromatic heterocycles. The summed E-state index contributed by atoms with van der Waals surface area (Å²) in [6.07, 6.45) is 3.02. The number of carboxylic acids is 1. The Balaban J connectivity index is 1.38. The molecule has 4 aromatic rings. The SMILES string of the molecule is O=C(O)[C@@H]1[C@H]2C=C[C@@]3(CN([C@H](c4ccc(Br)cc4)c4nnnn4C(c4ccccc4)c4ccccc4)C(=O)[C@@H]13)O2. The predicted octanol–water partition coefficient (Wildman–Crippen LogP) is 4.03. The van der Waals surface area contributed by atoms with E-state index in [4.69, 9.17) is 4.74 Å². The molecule has 1 spiro atoms. The molecule has 0 unspecified atom stereocenters. The summed E-state index contributed by atoms with van der Waals surface area (Å²) >= 11 is 3.51. The topological polar surface area (TPSA) is 110 Å². The quantitative estimate of drug-likeness (QED) is 0.320. The minimum atomic E-state index is -1.03. The second-order valence-electron chi connectivity index (χ2n) is 10.4. The maximum absolute atomic E-state index is 14.1. The number of nitrogens with zero attached hydrogens (tertiary/aromatic N) is 5. The molecule has 3 aliphatic heterocycles. The Morgan fingerprint density at radius 3 is 2.20 bits per heavy atom. The summed E-state index contributed by atoms with van der Waals surface area (Å²) in [4.78, 5) is 28.1. The molecule has 0 aliphatic carbocycles. The Morgan fingerprint density at radius 2 is 1.57 bits per heavy atom. The summed E-state index contributed by atoms with van der Waals surface area (Å²) in [6.45, 7) is 0.197. The molecule has 10 heteroatoms. The van der Waals surface area contributed by atoms with Gasteiger partial charge in [0.05, 0.1) is 18.6 Å². The number of amides is 1. The number of carbonyl (C=O) groups is 2. The van der Waals surface area contributed by atoms with Crippen LogP contribution in [-0.2, 0) is 14.3 Å². The number of hydrogen-bond donors (Lipinski definition) is 1. The van der Waals surface area contributed by atoms with Crippen LogP contribution >= 0.6 is 15.9 Å². The molecule has 7 rings (SSSR count). The summed E-state index contributed by atoms with van der Waals surface area (Å²) in [5.41, 5.74) is 1.77. The summed E-state index contributed by atoms with van der Waals surface area (Å²) in [6, 6.07) is 26.5. The lowest BCUT2D eigenvalue weighted by atomic mass is 9.77. The van der Waals surface area contributed by atoms with Crippen LogP contribution in [0.5, 0.6) is 0 Å². The molecular formula is C30H24BrN5O4. The molecule has 200 valence electrons. The molecule has 1 N–H and O–H groups in total. The molecular weight excluding hydrogens is 574 g/mol. The number of likely N-dealkylation sites (tertiary alicyclic amines) is 1. The molecule has 2 saturated heterocycles. The number of hydrogen-bond acceptors (Lipinski definition) is 6. The van der Waals surface area contributed by atoms with Crippen LogP contribution in [0, 0.1) is 11.8 Å². The first kappa shape index (κ1) is 24.9. The van der Waals surface area contributed by atoms with E-state index in [9.17, 15) is 14.7 Å². The highest BCUT2D eigenvalue weighted by atomic mass is 79.9. The molecule has 3 aromatic carbocycles. The van der Waals surface area contributed by atoms with E-state index in [0.29, 0.717) is 5.82 Å². The van der Waals surface area contributed by atoms with Crippen molar-refractivity contribution in [2.75, 3.05) is 6.54 Å². The van der Waals surface area contributed by atoms with Crippen LogP contribution in [0.3, 0.4) is 0 Å². The first-order valence-electron chi connectivity index (χ1n) is 13.0. The number of ether oxygens (including phenoxy) is 1. The predicted molar refractivity (Wildman–Crippen MR) is 147 cm³/mol. The molecule has 40 heavy (non-hydrogen) atoms. The summed E-state index contributed by atoms with van der Waals surface area (Å²) in [7, 11) is 0. The van der Waals surface area contributed by atoms with Gasteiger partial charge in [-0.1, -0.05) is 101 Å². The van der Waals surface area contributed by atoms with Crippen LogP contribution in [0.25, 0.3) is 0 Å². The molecule has 2 fully saturated rings. The Labute approximate surface area is 238 Å². The number of fused-ring (bicyclic) bond motifs is 1. The van der Waals surface area contributed by atoms with E-state index in [1.54, 1.807) is 15.7 Å². The maximum Gasteiger partial charge on any atom is 0.310 e. The second kappa shape index (κ2) is 9.50. The number of halogens is 1. The molecule has 9 nitrogen and oxygen atoms in total. The van der Waals surface area contributed by atoms with E-state index in [1.807, 2.05) is 91.0 Å². The Bertz CT molecular complexity index is 1570. The fraction of sp³-hybridized carbons (Fsp3) is 0.233. The van der Waals surface area contributed by atoms with Crippen molar-refractivity contribution >= 4 is 27.8 Å². The third-order valence-corrected chi connectivity index (χ3v) is 8.68. The summed E-state index contributed by atoms with van der Waals surface area (Å²) < 4.78 is 8.83. The van der Waals surface area contributed by atoms with Crippen molar-refractivity contribution < 1.29 is 19.4 Å². The van der Waals surface area contributed by atoms with E-state index < -0.39 is 35.6 Å². The normalized spacial score (nSPS) is 25.5. The standard InChI is InChI=1S/C30H24BrN5O4/c31-21-13-11-20(12-14-21)26(35-17-30-16-15-22(40-30)23(29(38)39)24(30)28(35)37)27-32-33-34-36(27)25(18-7-3-1-4-8-18)19-9-5-2-6-10-19/h1-16,22-26H,17H2,(H,38,39)/t22-,23-,24-,26-,30+/m1/s1. The number of aliphatic carboxylic acids is 1. The molecule has 5 atom stereocenters.